The fourth-order valence-electron chi connectivity index (χ4n) is 1.76. The molecule has 0 aromatic heterocycles. The first-order valence-electron chi connectivity index (χ1n) is 7.29. The van der Waals surface area contributed by atoms with Gasteiger partial charge >= 0.3 is 0 Å². The molecule has 9 heteroatoms. The van der Waals surface area contributed by atoms with Gasteiger partial charge in [0.25, 0.3) is 5.91 Å². The van der Waals surface area contributed by atoms with E-state index in [0.717, 1.165) is 6.26 Å². The van der Waals surface area contributed by atoms with Crippen molar-refractivity contribution in [3.63, 3.8) is 0 Å². The third kappa shape index (κ3) is 8.28. The van der Waals surface area contributed by atoms with Crippen molar-refractivity contribution in [2.24, 2.45) is 0 Å². The van der Waals surface area contributed by atoms with E-state index in [4.69, 9.17) is 0 Å². The number of hydrogen-bond donors (Lipinski definition) is 3. The standard InChI is InChI=1S/C15H21N3O5S/c1-11(19)3-8-14(20)16-9-10-17-15(21)12-4-6-13(7-5-12)18-24(2,22)23/h4-7,18H,3,8-10H2,1-2H3,(H,16,20)(H,17,21). The first-order valence-corrected chi connectivity index (χ1v) is 9.19. The molecule has 0 aliphatic heterocycles. The van der Waals surface area contributed by atoms with E-state index in [1.165, 1.54) is 31.2 Å². The topological polar surface area (TPSA) is 121 Å². The summed E-state index contributed by atoms with van der Waals surface area (Å²) in [6, 6.07) is 5.96. The van der Waals surface area contributed by atoms with E-state index in [1.54, 1.807) is 0 Å². The molecule has 8 nitrogen and oxygen atoms in total. The highest BCUT2D eigenvalue weighted by atomic mass is 32.2. The van der Waals surface area contributed by atoms with Gasteiger partial charge < -0.3 is 15.4 Å². The second-order valence-corrected chi connectivity index (χ2v) is 7.01. The lowest BCUT2D eigenvalue weighted by atomic mass is 10.2. The van der Waals surface area contributed by atoms with E-state index >= 15 is 0 Å². The number of benzene rings is 1. The molecule has 1 aromatic carbocycles. The van der Waals surface area contributed by atoms with Crippen molar-refractivity contribution in [3.05, 3.63) is 29.8 Å². The van der Waals surface area contributed by atoms with Gasteiger partial charge in [0.15, 0.2) is 0 Å². The Morgan fingerprint density at radius 3 is 2.08 bits per heavy atom. The van der Waals surface area contributed by atoms with Gasteiger partial charge in [-0.3, -0.25) is 14.3 Å². The lowest BCUT2D eigenvalue weighted by Gasteiger charge is -2.08. The van der Waals surface area contributed by atoms with Gasteiger partial charge in [-0.1, -0.05) is 0 Å². The predicted molar refractivity (Wildman–Crippen MR) is 90.2 cm³/mol. The van der Waals surface area contributed by atoms with E-state index in [0.29, 0.717) is 11.3 Å². The van der Waals surface area contributed by atoms with E-state index in [2.05, 4.69) is 15.4 Å². The number of anilines is 1. The van der Waals surface area contributed by atoms with Crippen LogP contribution in [0.4, 0.5) is 5.69 Å². The van der Waals surface area contributed by atoms with Crippen LogP contribution >= 0.6 is 0 Å². The average Bonchev–Trinajstić information content (AvgIpc) is 2.48. The van der Waals surface area contributed by atoms with Crippen LogP contribution in [0.25, 0.3) is 0 Å². The van der Waals surface area contributed by atoms with Crippen molar-refractivity contribution >= 4 is 33.3 Å². The normalized spacial score (nSPS) is 10.8. The number of ketones is 1. The lowest BCUT2D eigenvalue weighted by Crippen LogP contribution is -2.34. The summed E-state index contributed by atoms with van der Waals surface area (Å²) in [7, 11) is -3.36. The molecular formula is C15H21N3O5S. The number of rotatable bonds is 9. The van der Waals surface area contributed by atoms with Crippen molar-refractivity contribution in [1.29, 1.82) is 0 Å². The Hall–Kier alpha value is -2.42. The Bertz CT molecular complexity index is 698. The molecule has 0 radical (unpaired) electrons. The van der Waals surface area contributed by atoms with Crippen molar-refractivity contribution in [3.8, 4) is 0 Å². The van der Waals surface area contributed by atoms with Crippen molar-refractivity contribution in [2.75, 3.05) is 24.1 Å². The van der Waals surface area contributed by atoms with Gasteiger partial charge in [0.1, 0.15) is 5.78 Å². The number of hydrogen-bond acceptors (Lipinski definition) is 5. The zero-order chi connectivity index (χ0) is 18.2. The highest BCUT2D eigenvalue weighted by Gasteiger charge is 2.07. The molecule has 0 bridgehead atoms. The summed E-state index contributed by atoms with van der Waals surface area (Å²) in [6.45, 7) is 1.93. The van der Waals surface area contributed by atoms with Crippen LogP contribution in [-0.4, -0.2) is 45.4 Å². The molecule has 0 fully saturated rings. The molecule has 1 rings (SSSR count). The van der Waals surface area contributed by atoms with Crippen LogP contribution in [0.5, 0.6) is 0 Å². The van der Waals surface area contributed by atoms with Crippen molar-refractivity contribution in [2.45, 2.75) is 19.8 Å². The minimum atomic E-state index is -3.36. The number of carbonyl (C=O) groups excluding carboxylic acids is 3. The number of Topliss-reactive ketones (excluding diaryl/α,β-unsaturated/α-hetero) is 1. The maximum absolute atomic E-state index is 11.9. The zero-order valence-electron chi connectivity index (χ0n) is 13.6. The maximum atomic E-state index is 11.9. The number of nitrogens with one attached hydrogen (secondary N) is 3. The first kappa shape index (κ1) is 19.6. The summed E-state index contributed by atoms with van der Waals surface area (Å²) in [6.07, 6.45) is 1.38. The second-order valence-electron chi connectivity index (χ2n) is 5.26. The molecule has 0 unspecified atom stereocenters. The van der Waals surface area contributed by atoms with Crippen LogP contribution in [0.1, 0.15) is 30.1 Å². The Morgan fingerprint density at radius 2 is 1.54 bits per heavy atom. The molecular weight excluding hydrogens is 334 g/mol. The van der Waals surface area contributed by atoms with E-state index in [9.17, 15) is 22.8 Å². The maximum Gasteiger partial charge on any atom is 0.251 e. The van der Waals surface area contributed by atoms with Crippen LogP contribution in [0, 0.1) is 0 Å². The van der Waals surface area contributed by atoms with Gasteiger partial charge in [-0.15, -0.1) is 0 Å². The zero-order valence-corrected chi connectivity index (χ0v) is 14.4. The van der Waals surface area contributed by atoms with Crippen LogP contribution in [0.3, 0.4) is 0 Å². The fourth-order valence-corrected chi connectivity index (χ4v) is 2.33. The highest BCUT2D eigenvalue weighted by Crippen LogP contribution is 2.10. The molecule has 1 aromatic rings. The van der Waals surface area contributed by atoms with Gasteiger partial charge in [-0.2, -0.15) is 0 Å². The summed E-state index contributed by atoms with van der Waals surface area (Å²) in [5.41, 5.74) is 0.740. The van der Waals surface area contributed by atoms with Gasteiger partial charge in [0.05, 0.1) is 6.26 Å². The Kier molecular flexibility index (Phi) is 7.37. The molecule has 3 N–H and O–H groups in total. The molecule has 24 heavy (non-hydrogen) atoms. The van der Waals surface area contributed by atoms with Gasteiger partial charge in [-0.05, 0) is 31.2 Å². The first-order chi connectivity index (χ1) is 11.2. The molecule has 0 aliphatic rings. The Balaban J connectivity index is 2.35. The van der Waals surface area contributed by atoms with E-state index in [-0.39, 0.29) is 43.5 Å². The summed E-state index contributed by atoms with van der Waals surface area (Å²) in [5.74, 6) is -0.623. The van der Waals surface area contributed by atoms with Gasteiger partial charge in [0.2, 0.25) is 15.9 Å². The monoisotopic (exact) mass is 355 g/mol. The third-order valence-electron chi connectivity index (χ3n) is 2.89. The molecule has 0 aliphatic carbocycles. The minimum absolute atomic E-state index is 0.0488. The van der Waals surface area contributed by atoms with Crippen molar-refractivity contribution in [1.82, 2.24) is 10.6 Å². The van der Waals surface area contributed by atoms with Crippen LogP contribution in [0.2, 0.25) is 0 Å². The molecule has 132 valence electrons. The second kappa shape index (κ2) is 9.02. The summed E-state index contributed by atoms with van der Waals surface area (Å²) in [5, 5.41) is 5.22. The van der Waals surface area contributed by atoms with Gasteiger partial charge in [-0.25, -0.2) is 8.42 Å². The number of carbonyl (C=O) groups is 3. The molecule has 0 saturated carbocycles. The summed E-state index contributed by atoms with van der Waals surface area (Å²) in [4.78, 5) is 34.0. The van der Waals surface area contributed by atoms with Crippen molar-refractivity contribution < 1.29 is 22.8 Å². The Morgan fingerprint density at radius 1 is 0.958 bits per heavy atom. The molecule has 0 heterocycles. The average molecular weight is 355 g/mol. The van der Waals surface area contributed by atoms with Gasteiger partial charge in [0, 0.05) is 37.2 Å². The van der Waals surface area contributed by atoms with E-state index in [1.807, 2.05) is 0 Å². The number of amides is 2. The smallest absolute Gasteiger partial charge is 0.251 e. The summed E-state index contributed by atoms with van der Waals surface area (Å²) < 4.78 is 24.5. The third-order valence-corrected chi connectivity index (χ3v) is 3.49. The molecule has 0 atom stereocenters. The quantitative estimate of drug-likeness (QED) is 0.549. The molecule has 0 saturated heterocycles. The van der Waals surface area contributed by atoms with Crippen LogP contribution in [0.15, 0.2) is 24.3 Å². The highest BCUT2D eigenvalue weighted by molar-refractivity contribution is 7.92. The summed E-state index contributed by atoms with van der Waals surface area (Å²) >= 11 is 0. The molecule has 2 amide bonds. The largest absolute Gasteiger partial charge is 0.354 e. The number of sulfonamides is 1. The minimum Gasteiger partial charge on any atom is -0.354 e. The van der Waals surface area contributed by atoms with Crippen LogP contribution < -0.4 is 15.4 Å². The fraction of sp³-hybridized carbons (Fsp3) is 0.400. The van der Waals surface area contributed by atoms with E-state index < -0.39 is 10.0 Å². The Labute approximate surface area is 141 Å². The predicted octanol–water partition coefficient (Wildman–Crippen LogP) is 0.273. The SMILES string of the molecule is CC(=O)CCC(=O)NCCNC(=O)c1ccc(NS(C)(=O)=O)cc1. The molecule has 0 spiro atoms. The van der Waals surface area contributed by atoms with Crippen LogP contribution in [-0.2, 0) is 19.6 Å². The lowest BCUT2D eigenvalue weighted by molar-refractivity contribution is -0.124.